The van der Waals surface area contributed by atoms with Crippen LogP contribution >= 0.6 is 28.1 Å². The lowest BCUT2D eigenvalue weighted by atomic mass is 10.0. The molecular formula is C16H15BrN2OS. The van der Waals surface area contributed by atoms with Crippen LogP contribution in [0, 0.1) is 13.8 Å². The Hall–Kier alpha value is -1.72. The highest BCUT2D eigenvalue weighted by molar-refractivity contribution is 9.10. The Labute approximate surface area is 137 Å². The molecule has 2 rings (SSSR count). The molecule has 21 heavy (non-hydrogen) atoms. The molecule has 1 amide bonds. The Bertz CT molecular complexity index is 708. The van der Waals surface area contributed by atoms with Crippen molar-refractivity contribution in [1.82, 2.24) is 0 Å². The van der Waals surface area contributed by atoms with Gasteiger partial charge in [-0.25, -0.2) is 0 Å². The van der Waals surface area contributed by atoms with Crippen molar-refractivity contribution in [1.29, 1.82) is 0 Å². The van der Waals surface area contributed by atoms with E-state index in [0.717, 1.165) is 21.2 Å². The number of nitrogens with two attached hydrogens (primary N) is 1. The molecule has 3 N–H and O–H groups in total. The summed E-state index contributed by atoms with van der Waals surface area (Å²) in [5, 5.41) is 2.90. The molecule has 0 aromatic heterocycles. The number of nitrogens with one attached hydrogen (secondary N) is 1. The maximum absolute atomic E-state index is 12.4. The van der Waals surface area contributed by atoms with E-state index in [1.807, 2.05) is 32.0 Å². The summed E-state index contributed by atoms with van der Waals surface area (Å²) in [4.78, 5) is 12.8. The van der Waals surface area contributed by atoms with E-state index in [1.54, 1.807) is 18.2 Å². The van der Waals surface area contributed by atoms with E-state index in [2.05, 4.69) is 21.2 Å². The van der Waals surface area contributed by atoms with Gasteiger partial charge in [0, 0.05) is 15.6 Å². The van der Waals surface area contributed by atoms with E-state index in [9.17, 15) is 4.79 Å². The second-order valence-corrected chi connectivity index (χ2v) is 6.07. The zero-order chi connectivity index (χ0) is 15.6. The number of hydrogen-bond acceptors (Lipinski definition) is 2. The lowest BCUT2D eigenvalue weighted by Gasteiger charge is -2.12. The van der Waals surface area contributed by atoms with Gasteiger partial charge in [-0.1, -0.05) is 30.4 Å². The van der Waals surface area contributed by atoms with Gasteiger partial charge < -0.3 is 11.1 Å². The zero-order valence-electron chi connectivity index (χ0n) is 11.7. The Morgan fingerprint density at radius 3 is 2.33 bits per heavy atom. The summed E-state index contributed by atoms with van der Waals surface area (Å²) < 4.78 is 0.743. The Kier molecular flexibility index (Phi) is 4.75. The van der Waals surface area contributed by atoms with Gasteiger partial charge in [-0.3, -0.25) is 4.79 Å². The third kappa shape index (κ3) is 3.49. The van der Waals surface area contributed by atoms with Crippen LogP contribution < -0.4 is 11.1 Å². The number of rotatable bonds is 3. The van der Waals surface area contributed by atoms with Crippen molar-refractivity contribution in [3.8, 4) is 0 Å². The fourth-order valence-electron chi connectivity index (χ4n) is 2.13. The number of carbonyl (C=O) groups excluding carboxylic acids is 1. The molecule has 108 valence electrons. The van der Waals surface area contributed by atoms with Crippen molar-refractivity contribution < 1.29 is 4.79 Å². The van der Waals surface area contributed by atoms with Crippen LogP contribution in [0.15, 0.2) is 40.9 Å². The third-order valence-electron chi connectivity index (χ3n) is 3.21. The van der Waals surface area contributed by atoms with Crippen LogP contribution in [0.1, 0.15) is 27.0 Å². The Morgan fingerprint density at radius 2 is 1.81 bits per heavy atom. The van der Waals surface area contributed by atoms with Gasteiger partial charge in [-0.05, 0) is 59.1 Å². The number of hydrogen-bond donors (Lipinski definition) is 2. The van der Waals surface area contributed by atoms with Crippen LogP contribution in [0.25, 0.3) is 0 Å². The van der Waals surface area contributed by atoms with E-state index in [0.29, 0.717) is 16.2 Å². The molecule has 0 bridgehead atoms. The van der Waals surface area contributed by atoms with Crippen molar-refractivity contribution in [2.24, 2.45) is 5.73 Å². The quantitative estimate of drug-likeness (QED) is 0.812. The van der Waals surface area contributed by atoms with E-state index in [4.69, 9.17) is 18.0 Å². The molecule has 0 heterocycles. The molecular weight excluding hydrogens is 348 g/mol. The first-order valence-electron chi connectivity index (χ1n) is 6.37. The topological polar surface area (TPSA) is 55.1 Å². The smallest absolute Gasteiger partial charge is 0.256 e. The maximum Gasteiger partial charge on any atom is 0.256 e. The SMILES string of the molecule is Cc1cccc(C)c1C(=O)Nc1ccc(C(N)=S)cc1Br. The summed E-state index contributed by atoms with van der Waals surface area (Å²) in [7, 11) is 0. The first-order valence-corrected chi connectivity index (χ1v) is 7.57. The number of benzene rings is 2. The van der Waals surface area contributed by atoms with Gasteiger partial charge >= 0.3 is 0 Å². The molecule has 0 saturated heterocycles. The summed E-state index contributed by atoms with van der Waals surface area (Å²) in [6.07, 6.45) is 0. The molecule has 0 aliphatic heterocycles. The van der Waals surface area contributed by atoms with E-state index in [1.165, 1.54) is 0 Å². The number of halogens is 1. The molecule has 0 fully saturated rings. The first kappa shape index (κ1) is 15.7. The lowest BCUT2D eigenvalue weighted by molar-refractivity contribution is 0.102. The number of amides is 1. The molecule has 2 aromatic carbocycles. The highest BCUT2D eigenvalue weighted by Crippen LogP contribution is 2.25. The molecule has 0 spiro atoms. The number of aryl methyl sites for hydroxylation is 2. The zero-order valence-corrected chi connectivity index (χ0v) is 14.1. The summed E-state index contributed by atoms with van der Waals surface area (Å²) in [5.41, 5.74) is 9.62. The summed E-state index contributed by atoms with van der Waals surface area (Å²) in [5.74, 6) is -0.130. The predicted molar refractivity (Wildman–Crippen MR) is 93.9 cm³/mol. The average Bonchev–Trinajstić information content (AvgIpc) is 2.40. The van der Waals surface area contributed by atoms with Crippen LogP contribution in [0.5, 0.6) is 0 Å². The number of carbonyl (C=O) groups is 1. The van der Waals surface area contributed by atoms with Crippen LogP contribution in [-0.4, -0.2) is 10.9 Å². The highest BCUT2D eigenvalue weighted by Gasteiger charge is 2.13. The summed E-state index contributed by atoms with van der Waals surface area (Å²) in [6, 6.07) is 11.1. The third-order valence-corrected chi connectivity index (χ3v) is 4.10. The fraction of sp³-hybridized carbons (Fsp3) is 0.125. The normalized spacial score (nSPS) is 10.2. The molecule has 0 radical (unpaired) electrons. The number of thiocarbonyl (C=S) groups is 1. The van der Waals surface area contributed by atoms with Gasteiger partial charge in [0.25, 0.3) is 5.91 Å². The van der Waals surface area contributed by atoms with Gasteiger partial charge in [0.1, 0.15) is 4.99 Å². The van der Waals surface area contributed by atoms with Gasteiger partial charge in [-0.15, -0.1) is 0 Å². The Morgan fingerprint density at radius 1 is 1.19 bits per heavy atom. The molecule has 5 heteroatoms. The molecule has 0 atom stereocenters. The minimum atomic E-state index is -0.130. The van der Waals surface area contributed by atoms with E-state index < -0.39 is 0 Å². The first-order chi connectivity index (χ1) is 9.90. The largest absolute Gasteiger partial charge is 0.389 e. The van der Waals surface area contributed by atoms with E-state index >= 15 is 0 Å². The molecule has 2 aromatic rings. The van der Waals surface area contributed by atoms with Gasteiger partial charge in [0.05, 0.1) is 5.69 Å². The van der Waals surface area contributed by atoms with Crippen LogP contribution in [0.3, 0.4) is 0 Å². The van der Waals surface area contributed by atoms with Crippen LogP contribution in [0.2, 0.25) is 0 Å². The maximum atomic E-state index is 12.4. The van der Waals surface area contributed by atoms with Gasteiger partial charge in [0.2, 0.25) is 0 Å². The van der Waals surface area contributed by atoms with Crippen molar-refractivity contribution in [2.75, 3.05) is 5.32 Å². The molecule has 0 unspecified atom stereocenters. The van der Waals surface area contributed by atoms with Crippen molar-refractivity contribution in [3.63, 3.8) is 0 Å². The lowest BCUT2D eigenvalue weighted by Crippen LogP contribution is -2.16. The minimum Gasteiger partial charge on any atom is -0.389 e. The second-order valence-electron chi connectivity index (χ2n) is 4.78. The molecule has 3 nitrogen and oxygen atoms in total. The number of anilines is 1. The average molecular weight is 363 g/mol. The fourth-order valence-corrected chi connectivity index (χ4v) is 2.73. The highest BCUT2D eigenvalue weighted by atomic mass is 79.9. The molecule has 0 aliphatic rings. The second kappa shape index (κ2) is 6.37. The van der Waals surface area contributed by atoms with Crippen molar-refractivity contribution in [3.05, 3.63) is 63.1 Å². The Balaban J connectivity index is 2.30. The molecule has 0 saturated carbocycles. The summed E-state index contributed by atoms with van der Waals surface area (Å²) >= 11 is 8.36. The standard InChI is InChI=1S/C16H15BrN2OS/c1-9-4-3-5-10(2)14(9)16(20)19-13-7-6-11(15(18)21)8-12(13)17/h3-8H,1-2H3,(H2,18,21)(H,19,20). The molecule has 0 aliphatic carbocycles. The van der Waals surface area contributed by atoms with E-state index in [-0.39, 0.29) is 5.91 Å². The van der Waals surface area contributed by atoms with Crippen LogP contribution in [0.4, 0.5) is 5.69 Å². The monoisotopic (exact) mass is 362 g/mol. The minimum absolute atomic E-state index is 0.130. The van der Waals surface area contributed by atoms with Gasteiger partial charge in [-0.2, -0.15) is 0 Å². The predicted octanol–water partition coefficient (Wildman–Crippen LogP) is 3.95. The van der Waals surface area contributed by atoms with Crippen molar-refractivity contribution >= 4 is 44.7 Å². The van der Waals surface area contributed by atoms with Crippen LogP contribution in [-0.2, 0) is 0 Å². The van der Waals surface area contributed by atoms with Gasteiger partial charge in [0.15, 0.2) is 0 Å². The van der Waals surface area contributed by atoms with Crippen molar-refractivity contribution in [2.45, 2.75) is 13.8 Å². The summed E-state index contributed by atoms with van der Waals surface area (Å²) in [6.45, 7) is 3.85.